The molecule has 4 N–H and O–H groups in total. The first-order chi connectivity index (χ1) is 23.8. The van der Waals surface area contributed by atoms with Gasteiger partial charge in [0.2, 0.25) is 0 Å². The Morgan fingerprint density at radius 2 is 1.41 bits per heavy atom. The smallest absolute Gasteiger partial charge is 0.251 e. The van der Waals surface area contributed by atoms with Gasteiger partial charge in [-0.3, -0.25) is 15.0 Å². The molecule has 1 aliphatic rings. The summed E-state index contributed by atoms with van der Waals surface area (Å²) in [5.41, 5.74) is 3.36. The van der Waals surface area contributed by atoms with Crippen molar-refractivity contribution >= 4 is 16.7 Å². The molecule has 0 bridgehead atoms. The predicted octanol–water partition coefficient (Wildman–Crippen LogP) is 6.11. The Kier molecular flexibility index (Phi) is 10.3. The molecule has 5 aromatic rings. The van der Waals surface area contributed by atoms with Crippen molar-refractivity contribution in [2.45, 2.75) is 37.7 Å². The molecule has 9 heteroatoms. The Hall–Kier alpha value is -5.09. The molecule has 9 nitrogen and oxygen atoms in total. The molecule has 0 aromatic heterocycles. The molecule has 6 rings (SSSR count). The minimum atomic E-state index is -1.08. The van der Waals surface area contributed by atoms with Crippen LogP contribution in [-0.4, -0.2) is 67.2 Å². The first-order valence-electron chi connectivity index (χ1n) is 16.4. The maximum Gasteiger partial charge on any atom is 0.251 e. The molecular formula is C40H43N3O6. The highest BCUT2D eigenvalue weighted by Crippen LogP contribution is 2.35. The van der Waals surface area contributed by atoms with Crippen molar-refractivity contribution in [2.75, 3.05) is 34.4 Å². The van der Waals surface area contributed by atoms with E-state index in [1.54, 1.807) is 57.7 Å². The molecule has 1 aliphatic heterocycles. The summed E-state index contributed by atoms with van der Waals surface area (Å²) >= 11 is 0. The fourth-order valence-electron chi connectivity index (χ4n) is 6.58. The van der Waals surface area contributed by atoms with Gasteiger partial charge in [0.15, 0.2) is 0 Å². The number of amides is 1. The highest BCUT2D eigenvalue weighted by molar-refractivity contribution is 5.95. The lowest BCUT2D eigenvalue weighted by atomic mass is 9.84. The van der Waals surface area contributed by atoms with E-state index in [1.165, 1.54) is 16.3 Å². The van der Waals surface area contributed by atoms with Crippen LogP contribution in [0.5, 0.6) is 23.0 Å². The summed E-state index contributed by atoms with van der Waals surface area (Å²) in [6, 6.07) is 32.7. The molecule has 1 heterocycles. The van der Waals surface area contributed by atoms with Crippen LogP contribution in [0, 0.1) is 0 Å². The van der Waals surface area contributed by atoms with Crippen molar-refractivity contribution in [1.29, 1.82) is 0 Å². The van der Waals surface area contributed by atoms with Crippen molar-refractivity contribution in [1.82, 2.24) is 15.5 Å². The quantitative estimate of drug-likeness (QED) is 0.119. The molecular weight excluding hydrogens is 618 g/mol. The number of aliphatic hydroxyl groups excluding tert-OH is 1. The summed E-state index contributed by atoms with van der Waals surface area (Å²) in [5.74, 6) is 1.66. The molecule has 5 aromatic carbocycles. The number of phenols is 1. The van der Waals surface area contributed by atoms with E-state index >= 15 is 0 Å². The lowest BCUT2D eigenvalue weighted by Gasteiger charge is -2.45. The fourth-order valence-corrected chi connectivity index (χ4v) is 6.58. The van der Waals surface area contributed by atoms with Gasteiger partial charge in [-0.05, 0) is 70.6 Å². The molecule has 1 saturated heterocycles. The molecule has 0 saturated carbocycles. The van der Waals surface area contributed by atoms with Crippen molar-refractivity contribution in [2.24, 2.45) is 0 Å². The topological polar surface area (TPSA) is 113 Å². The Morgan fingerprint density at radius 3 is 2.02 bits per heavy atom. The van der Waals surface area contributed by atoms with Crippen LogP contribution in [0.4, 0.5) is 0 Å². The van der Waals surface area contributed by atoms with E-state index in [0.29, 0.717) is 48.7 Å². The number of aliphatic hydroxyl groups is 1. The van der Waals surface area contributed by atoms with Gasteiger partial charge in [0, 0.05) is 43.9 Å². The molecule has 1 amide bonds. The van der Waals surface area contributed by atoms with E-state index in [1.807, 2.05) is 30.3 Å². The van der Waals surface area contributed by atoms with Gasteiger partial charge in [0.25, 0.3) is 5.91 Å². The summed E-state index contributed by atoms with van der Waals surface area (Å²) < 4.78 is 16.7. The minimum Gasteiger partial charge on any atom is -0.508 e. The number of phenolic OH excluding ortho intramolecular Hbond substituents is 1. The van der Waals surface area contributed by atoms with Crippen molar-refractivity contribution in [3.63, 3.8) is 0 Å². The van der Waals surface area contributed by atoms with Gasteiger partial charge in [-0.2, -0.15) is 0 Å². The molecule has 254 valence electrons. The van der Waals surface area contributed by atoms with Crippen LogP contribution in [0.25, 0.3) is 21.9 Å². The van der Waals surface area contributed by atoms with Crippen LogP contribution in [0.3, 0.4) is 0 Å². The summed E-state index contributed by atoms with van der Waals surface area (Å²) in [6.07, 6.45) is -0.0154. The second kappa shape index (κ2) is 15.0. The molecule has 1 fully saturated rings. The lowest BCUT2D eigenvalue weighted by Crippen LogP contribution is -2.65. The van der Waals surface area contributed by atoms with Crippen LogP contribution < -0.4 is 24.8 Å². The minimum absolute atomic E-state index is 0.199. The van der Waals surface area contributed by atoms with Gasteiger partial charge < -0.3 is 29.7 Å². The number of piperidine rings is 1. The number of rotatable bonds is 12. The standard InChI is InChI=1S/C40H43N3O6/c1-47-34-23-36(48-2)35(37(24-34)49-3)25-41-39(46)40(42-38(45)31-12-10-29(11-13-31)30-14-16-33(44)17-15-30)18-20-43(21-19-40)26-27-8-9-28-6-4-5-7-32(28)22-27/h4-17,22-24,39,41,44,46H,18-21,25-26H2,1-3H3,(H,42,45). The number of nitrogens with one attached hydrogen (secondary N) is 2. The summed E-state index contributed by atoms with van der Waals surface area (Å²) in [5, 5.41) is 30.4. The molecule has 0 spiro atoms. The lowest BCUT2D eigenvalue weighted by molar-refractivity contribution is -0.00862. The predicted molar refractivity (Wildman–Crippen MR) is 191 cm³/mol. The van der Waals surface area contributed by atoms with Crippen LogP contribution in [0.2, 0.25) is 0 Å². The summed E-state index contributed by atoms with van der Waals surface area (Å²) in [6.45, 7) is 2.37. The maximum absolute atomic E-state index is 13.8. The Morgan fingerprint density at radius 1 is 0.796 bits per heavy atom. The van der Waals surface area contributed by atoms with E-state index in [-0.39, 0.29) is 18.2 Å². The number of hydrogen-bond donors (Lipinski definition) is 4. The third kappa shape index (κ3) is 7.65. The van der Waals surface area contributed by atoms with E-state index < -0.39 is 11.8 Å². The van der Waals surface area contributed by atoms with Gasteiger partial charge in [0.05, 0.1) is 32.4 Å². The second-order valence-corrected chi connectivity index (χ2v) is 12.5. The summed E-state index contributed by atoms with van der Waals surface area (Å²) in [7, 11) is 4.73. The highest BCUT2D eigenvalue weighted by atomic mass is 16.5. The van der Waals surface area contributed by atoms with Gasteiger partial charge in [0.1, 0.15) is 29.2 Å². The van der Waals surface area contributed by atoms with Gasteiger partial charge in [-0.25, -0.2) is 0 Å². The molecule has 0 radical (unpaired) electrons. The first kappa shape index (κ1) is 33.8. The van der Waals surface area contributed by atoms with Crippen molar-refractivity contribution in [3.05, 3.63) is 120 Å². The molecule has 0 aliphatic carbocycles. The molecule has 49 heavy (non-hydrogen) atoms. The number of nitrogens with zero attached hydrogens (tertiary/aromatic N) is 1. The number of likely N-dealkylation sites (tertiary alicyclic amines) is 1. The Balaban J connectivity index is 1.21. The monoisotopic (exact) mass is 661 g/mol. The number of carbonyl (C=O) groups is 1. The molecule has 1 unspecified atom stereocenters. The van der Waals surface area contributed by atoms with E-state index in [0.717, 1.165) is 23.2 Å². The number of methoxy groups -OCH3 is 3. The van der Waals surface area contributed by atoms with Crippen LogP contribution >= 0.6 is 0 Å². The van der Waals surface area contributed by atoms with E-state index in [2.05, 4.69) is 51.9 Å². The maximum atomic E-state index is 13.8. The summed E-state index contributed by atoms with van der Waals surface area (Å²) in [4.78, 5) is 16.2. The largest absolute Gasteiger partial charge is 0.508 e. The van der Waals surface area contributed by atoms with E-state index in [9.17, 15) is 15.0 Å². The number of ether oxygens (including phenoxy) is 3. The Labute approximate surface area is 287 Å². The van der Waals surface area contributed by atoms with Crippen molar-refractivity contribution < 1.29 is 29.2 Å². The Bertz CT molecular complexity index is 1860. The third-order valence-electron chi connectivity index (χ3n) is 9.49. The average molecular weight is 662 g/mol. The van der Waals surface area contributed by atoms with Gasteiger partial charge >= 0.3 is 0 Å². The number of benzene rings is 5. The third-order valence-corrected chi connectivity index (χ3v) is 9.49. The normalized spacial score (nSPS) is 15.0. The number of hydrogen-bond acceptors (Lipinski definition) is 8. The van der Waals surface area contributed by atoms with E-state index in [4.69, 9.17) is 14.2 Å². The number of fused-ring (bicyclic) bond motifs is 1. The highest BCUT2D eigenvalue weighted by Gasteiger charge is 2.42. The number of aromatic hydroxyl groups is 1. The zero-order valence-corrected chi connectivity index (χ0v) is 28.1. The van der Waals surface area contributed by atoms with Gasteiger partial charge in [-0.15, -0.1) is 0 Å². The van der Waals surface area contributed by atoms with Crippen LogP contribution in [-0.2, 0) is 13.1 Å². The average Bonchev–Trinajstić information content (AvgIpc) is 3.14. The first-order valence-corrected chi connectivity index (χ1v) is 16.4. The molecule has 1 atom stereocenters. The number of carbonyl (C=O) groups excluding carboxylic acids is 1. The second-order valence-electron chi connectivity index (χ2n) is 12.5. The zero-order chi connectivity index (χ0) is 34.4. The van der Waals surface area contributed by atoms with Crippen LogP contribution in [0.1, 0.15) is 34.3 Å². The van der Waals surface area contributed by atoms with Crippen molar-refractivity contribution in [3.8, 4) is 34.1 Å². The zero-order valence-electron chi connectivity index (χ0n) is 28.1. The van der Waals surface area contributed by atoms with Gasteiger partial charge in [-0.1, -0.05) is 60.7 Å². The van der Waals surface area contributed by atoms with Crippen LogP contribution in [0.15, 0.2) is 103 Å². The fraction of sp³-hybridized carbons (Fsp3) is 0.275. The SMILES string of the molecule is COc1cc(OC)c(CNC(O)C2(NC(=O)c3ccc(-c4ccc(O)cc4)cc3)CCN(Cc3ccc4ccccc4c3)CC2)c(OC)c1.